The zero-order valence-electron chi connectivity index (χ0n) is 11.0. The second-order valence-electron chi connectivity index (χ2n) is 5.65. The zero-order chi connectivity index (χ0) is 13.2. The molecule has 0 bridgehead atoms. The van der Waals surface area contributed by atoms with Crippen LogP contribution in [0.4, 0.5) is 0 Å². The lowest BCUT2D eigenvalue weighted by atomic mass is 9.99. The first-order valence-electron chi connectivity index (χ1n) is 7.15. The van der Waals surface area contributed by atoms with Crippen LogP contribution in [0.25, 0.3) is 0 Å². The molecule has 0 aliphatic heterocycles. The Bertz CT molecular complexity index is 450. The maximum Gasteiger partial charge on any atom is 0.271 e. The molecule has 1 heterocycles. The molecule has 5 heteroatoms. The number of aromatic nitrogens is 1. The van der Waals surface area contributed by atoms with Gasteiger partial charge in [0.2, 0.25) is 0 Å². The molecule has 1 aromatic rings. The molecule has 2 N–H and O–H groups in total. The Kier molecular flexibility index (Phi) is 3.84. The Morgan fingerprint density at radius 1 is 1.42 bits per heavy atom. The van der Waals surface area contributed by atoms with Crippen LogP contribution in [0, 0.1) is 5.92 Å². The van der Waals surface area contributed by atoms with E-state index in [2.05, 4.69) is 10.3 Å². The van der Waals surface area contributed by atoms with Gasteiger partial charge < -0.3 is 10.4 Å². The van der Waals surface area contributed by atoms with Gasteiger partial charge in [-0.15, -0.1) is 11.3 Å². The number of amides is 1. The van der Waals surface area contributed by atoms with Crippen LogP contribution >= 0.6 is 11.3 Å². The summed E-state index contributed by atoms with van der Waals surface area (Å²) in [4.78, 5) is 16.6. The van der Waals surface area contributed by atoms with Gasteiger partial charge in [0, 0.05) is 11.3 Å². The highest BCUT2D eigenvalue weighted by Gasteiger charge is 2.29. The van der Waals surface area contributed by atoms with Crippen molar-refractivity contribution in [3.8, 4) is 0 Å². The second kappa shape index (κ2) is 5.59. The smallest absolute Gasteiger partial charge is 0.271 e. The Balaban J connectivity index is 1.61. The van der Waals surface area contributed by atoms with E-state index in [0.717, 1.165) is 17.8 Å². The van der Waals surface area contributed by atoms with E-state index in [1.54, 1.807) is 11.3 Å². The van der Waals surface area contributed by atoms with Gasteiger partial charge in [-0.3, -0.25) is 4.79 Å². The summed E-state index contributed by atoms with van der Waals surface area (Å²) in [6, 6.07) is -0.110. The number of carbonyl (C=O) groups excluding carboxylic acids is 1. The van der Waals surface area contributed by atoms with Crippen LogP contribution in [0.1, 0.15) is 59.9 Å². The summed E-state index contributed by atoms with van der Waals surface area (Å²) in [7, 11) is 0. The van der Waals surface area contributed by atoms with E-state index in [1.807, 2.05) is 5.38 Å². The van der Waals surface area contributed by atoms with Crippen molar-refractivity contribution in [1.29, 1.82) is 0 Å². The van der Waals surface area contributed by atoms with E-state index in [4.69, 9.17) is 0 Å². The molecule has 0 aromatic carbocycles. The molecule has 3 rings (SSSR count). The van der Waals surface area contributed by atoms with Crippen LogP contribution in [0.3, 0.4) is 0 Å². The molecule has 2 saturated carbocycles. The largest absolute Gasteiger partial charge is 0.394 e. The minimum Gasteiger partial charge on any atom is -0.394 e. The van der Waals surface area contributed by atoms with Crippen LogP contribution < -0.4 is 5.32 Å². The summed E-state index contributed by atoms with van der Waals surface area (Å²) < 4.78 is 0. The quantitative estimate of drug-likeness (QED) is 0.870. The normalized spacial score (nSPS) is 21.5. The summed E-state index contributed by atoms with van der Waals surface area (Å²) in [5.74, 6) is 0.889. The van der Waals surface area contributed by atoms with Gasteiger partial charge in [0.15, 0.2) is 0 Å². The number of aliphatic hydroxyl groups excluding tert-OH is 1. The topological polar surface area (TPSA) is 62.2 Å². The number of nitrogens with one attached hydrogen (secondary N) is 1. The van der Waals surface area contributed by atoms with E-state index in [1.165, 1.54) is 25.7 Å². The van der Waals surface area contributed by atoms with Crippen molar-refractivity contribution in [3.05, 3.63) is 16.1 Å². The third kappa shape index (κ3) is 2.98. The SMILES string of the molecule is O=C(NC(CO)C1CCCC1)c1csc(C2CC2)n1. The molecule has 0 spiro atoms. The number of hydrogen-bond donors (Lipinski definition) is 2. The number of carbonyl (C=O) groups is 1. The van der Waals surface area contributed by atoms with Crippen LogP contribution in [-0.4, -0.2) is 28.6 Å². The standard InChI is InChI=1S/C14H20N2O2S/c17-7-11(9-3-1-2-4-9)15-13(18)12-8-19-14(16-12)10-5-6-10/h8-11,17H,1-7H2,(H,15,18). The first kappa shape index (κ1) is 13.1. The summed E-state index contributed by atoms with van der Waals surface area (Å²) in [5, 5.41) is 15.3. The Morgan fingerprint density at radius 2 is 2.16 bits per heavy atom. The highest BCUT2D eigenvalue weighted by Crippen LogP contribution is 2.41. The molecule has 2 fully saturated rings. The molecule has 2 aliphatic rings. The van der Waals surface area contributed by atoms with Gasteiger partial charge in [0.25, 0.3) is 5.91 Å². The fraction of sp³-hybridized carbons (Fsp3) is 0.714. The first-order chi connectivity index (χ1) is 9.28. The van der Waals surface area contributed by atoms with E-state index >= 15 is 0 Å². The maximum absolute atomic E-state index is 12.1. The van der Waals surface area contributed by atoms with Crippen molar-refractivity contribution in [1.82, 2.24) is 10.3 Å². The molecule has 0 radical (unpaired) electrons. The van der Waals surface area contributed by atoms with Gasteiger partial charge in [-0.1, -0.05) is 12.8 Å². The van der Waals surface area contributed by atoms with Crippen molar-refractivity contribution in [2.24, 2.45) is 5.92 Å². The molecule has 1 atom stereocenters. The molecule has 1 aromatic heterocycles. The summed E-state index contributed by atoms with van der Waals surface area (Å²) in [5.41, 5.74) is 0.517. The summed E-state index contributed by atoms with van der Waals surface area (Å²) >= 11 is 1.58. The third-order valence-electron chi connectivity index (χ3n) is 4.16. The van der Waals surface area contributed by atoms with Crippen molar-refractivity contribution < 1.29 is 9.90 Å². The average Bonchev–Trinajstić information content (AvgIpc) is 2.96. The lowest BCUT2D eigenvalue weighted by molar-refractivity contribution is 0.0885. The Morgan fingerprint density at radius 3 is 2.79 bits per heavy atom. The van der Waals surface area contributed by atoms with Crippen LogP contribution in [-0.2, 0) is 0 Å². The van der Waals surface area contributed by atoms with Gasteiger partial charge in [0.1, 0.15) is 5.69 Å². The second-order valence-corrected chi connectivity index (χ2v) is 6.54. The predicted molar refractivity (Wildman–Crippen MR) is 74.4 cm³/mol. The van der Waals surface area contributed by atoms with Gasteiger partial charge in [0.05, 0.1) is 17.7 Å². The van der Waals surface area contributed by atoms with Gasteiger partial charge >= 0.3 is 0 Å². The van der Waals surface area contributed by atoms with Crippen molar-refractivity contribution >= 4 is 17.2 Å². The van der Waals surface area contributed by atoms with Gasteiger partial charge in [-0.2, -0.15) is 0 Å². The average molecular weight is 280 g/mol. The number of hydrogen-bond acceptors (Lipinski definition) is 4. The van der Waals surface area contributed by atoms with Crippen molar-refractivity contribution in [3.63, 3.8) is 0 Å². The van der Waals surface area contributed by atoms with E-state index in [0.29, 0.717) is 17.5 Å². The first-order valence-corrected chi connectivity index (χ1v) is 8.03. The van der Waals surface area contributed by atoms with Crippen molar-refractivity contribution in [2.45, 2.75) is 50.5 Å². The molecular formula is C14H20N2O2S. The number of nitrogens with zero attached hydrogens (tertiary/aromatic N) is 1. The molecule has 1 amide bonds. The molecular weight excluding hydrogens is 260 g/mol. The summed E-state index contributed by atoms with van der Waals surface area (Å²) in [6.07, 6.45) is 7.04. The molecule has 1 unspecified atom stereocenters. The lowest BCUT2D eigenvalue weighted by Crippen LogP contribution is -2.42. The van der Waals surface area contributed by atoms with Crippen LogP contribution in [0.2, 0.25) is 0 Å². The van der Waals surface area contributed by atoms with Crippen LogP contribution in [0.15, 0.2) is 5.38 Å². The molecule has 104 valence electrons. The Hall–Kier alpha value is -0.940. The fourth-order valence-corrected chi connectivity index (χ4v) is 3.80. The number of rotatable bonds is 5. The monoisotopic (exact) mass is 280 g/mol. The zero-order valence-corrected chi connectivity index (χ0v) is 11.8. The minimum atomic E-state index is -0.130. The fourth-order valence-electron chi connectivity index (χ4n) is 2.82. The highest BCUT2D eigenvalue weighted by atomic mass is 32.1. The number of thiazole rings is 1. The maximum atomic E-state index is 12.1. The third-order valence-corrected chi connectivity index (χ3v) is 5.17. The summed E-state index contributed by atoms with van der Waals surface area (Å²) in [6.45, 7) is 0.0238. The molecule has 0 saturated heterocycles. The lowest BCUT2D eigenvalue weighted by Gasteiger charge is -2.21. The Labute approximate surface area is 117 Å². The van der Waals surface area contributed by atoms with E-state index in [9.17, 15) is 9.90 Å². The van der Waals surface area contributed by atoms with Gasteiger partial charge in [-0.25, -0.2) is 4.98 Å². The molecule has 4 nitrogen and oxygen atoms in total. The minimum absolute atomic E-state index is 0.0238. The number of aliphatic hydroxyl groups is 1. The predicted octanol–water partition coefficient (Wildman–Crippen LogP) is 2.30. The van der Waals surface area contributed by atoms with Gasteiger partial charge in [-0.05, 0) is 31.6 Å². The molecule has 2 aliphatic carbocycles. The van der Waals surface area contributed by atoms with E-state index in [-0.39, 0.29) is 18.6 Å². The van der Waals surface area contributed by atoms with Crippen LogP contribution in [0.5, 0.6) is 0 Å². The van der Waals surface area contributed by atoms with Crippen molar-refractivity contribution in [2.75, 3.05) is 6.61 Å². The highest BCUT2D eigenvalue weighted by molar-refractivity contribution is 7.10. The molecule has 19 heavy (non-hydrogen) atoms. The van der Waals surface area contributed by atoms with E-state index < -0.39 is 0 Å².